The second-order valence-corrected chi connectivity index (χ2v) is 5.41. The third-order valence-corrected chi connectivity index (χ3v) is 3.59. The van der Waals surface area contributed by atoms with Crippen LogP contribution in [0.15, 0.2) is 30.3 Å². The lowest BCUT2D eigenvalue weighted by Gasteiger charge is -2.13. The molecule has 2 aromatic rings. The topological polar surface area (TPSA) is 56.8 Å². The summed E-state index contributed by atoms with van der Waals surface area (Å²) in [4.78, 5) is 12.0. The number of benzene rings is 2. The van der Waals surface area contributed by atoms with Gasteiger partial charge >= 0.3 is 0 Å². The standard InChI is InChI=1S/C16H14Cl2FNO4/c1-22-14-7-12(15(23-2)6-11(14)18)20-16(21)8-24-13-4-3-9(19)5-10(13)17/h3-7H,8H2,1-2H3,(H,20,21). The van der Waals surface area contributed by atoms with Crippen molar-refractivity contribution in [3.05, 3.63) is 46.2 Å². The Labute approximate surface area is 148 Å². The average molecular weight is 374 g/mol. The van der Waals surface area contributed by atoms with E-state index in [1.54, 1.807) is 0 Å². The van der Waals surface area contributed by atoms with E-state index in [4.69, 9.17) is 37.4 Å². The highest BCUT2D eigenvalue weighted by Crippen LogP contribution is 2.35. The summed E-state index contributed by atoms with van der Waals surface area (Å²) in [6, 6.07) is 6.68. The molecular formula is C16H14Cl2FNO4. The Bertz CT molecular complexity index is 755. The van der Waals surface area contributed by atoms with Crippen LogP contribution in [0.25, 0.3) is 0 Å². The van der Waals surface area contributed by atoms with Crippen LogP contribution in [0.5, 0.6) is 17.2 Å². The van der Waals surface area contributed by atoms with Crippen molar-refractivity contribution >= 4 is 34.8 Å². The Kier molecular flexibility index (Phi) is 6.11. The first kappa shape index (κ1) is 18.2. The number of ether oxygens (including phenoxy) is 3. The third kappa shape index (κ3) is 4.43. The summed E-state index contributed by atoms with van der Waals surface area (Å²) in [5.74, 6) is 0.00552. The van der Waals surface area contributed by atoms with E-state index in [1.165, 1.54) is 38.5 Å². The molecule has 1 amide bonds. The van der Waals surface area contributed by atoms with Gasteiger partial charge in [0.1, 0.15) is 23.1 Å². The zero-order chi connectivity index (χ0) is 17.7. The molecule has 0 spiro atoms. The van der Waals surface area contributed by atoms with Gasteiger partial charge in [0.05, 0.1) is 30.0 Å². The lowest BCUT2D eigenvalue weighted by Crippen LogP contribution is -2.20. The largest absolute Gasteiger partial charge is 0.495 e. The first-order chi connectivity index (χ1) is 11.4. The first-order valence-corrected chi connectivity index (χ1v) is 7.49. The Morgan fingerprint density at radius 1 is 1.04 bits per heavy atom. The number of nitrogens with one attached hydrogen (secondary N) is 1. The monoisotopic (exact) mass is 373 g/mol. The molecule has 0 atom stereocenters. The van der Waals surface area contributed by atoms with Crippen LogP contribution < -0.4 is 19.5 Å². The second-order valence-electron chi connectivity index (χ2n) is 4.60. The number of hydrogen-bond acceptors (Lipinski definition) is 4. The summed E-state index contributed by atoms with van der Waals surface area (Å²) in [5.41, 5.74) is 0.373. The van der Waals surface area contributed by atoms with Crippen molar-refractivity contribution in [1.82, 2.24) is 0 Å². The molecule has 0 aromatic heterocycles. The van der Waals surface area contributed by atoms with Gasteiger partial charge in [-0.2, -0.15) is 0 Å². The Balaban J connectivity index is 2.06. The highest BCUT2D eigenvalue weighted by Gasteiger charge is 2.13. The number of anilines is 1. The van der Waals surface area contributed by atoms with Crippen molar-refractivity contribution in [2.24, 2.45) is 0 Å². The zero-order valence-corrected chi connectivity index (χ0v) is 14.4. The van der Waals surface area contributed by atoms with Crippen molar-refractivity contribution in [1.29, 1.82) is 0 Å². The molecule has 0 aliphatic rings. The fourth-order valence-corrected chi connectivity index (χ4v) is 2.33. The molecule has 0 saturated carbocycles. The molecule has 0 unspecified atom stereocenters. The lowest BCUT2D eigenvalue weighted by atomic mass is 10.2. The summed E-state index contributed by atoms with van der Waals surface area (Å²) < 4.78 is 28.5. The highest BCUT2D eigenvalue weighted by atomic mass is 35.5. The molecule has 24 heavy (non-hydrogen) atoms. The summed E-state index contributed by atoms with van der Waals surface area (Å²) in [6.45, 7) is -0.320. The van der Waals surface area contributed by atoms with Gasteiger partial charge in [0.25, 0.3) is 5.91 Å². The highest BCUT2D eigenvalue weighted by molar-refractivity contribution is 6.32. The summed E-state index contributed by atoms with van der Waals surface area (Å²) in [6.07, 6.45) is 0. The van der Waals surface area contributed by atoms with E-state index >= 15 is 0 Å². The molecule has 0 fully saturated rings. The Hall–Kier alpha value is -2.18. The minimum absolute atomic E-state index is 0.0774. The van der Waals surface area contributed by atoms with Gasteiger partial charge in [-0.05, 0) is 18.2 Å². The van der Waals surface area contributed by atoms with Crippen LogP contribution in [-0.2, 0) is 4.79 Å². The van der Waals surface area contributed by atoms with Crippen LogP contribution in [0, 0.1) is 5.82 Å². The molecule has 2 aromatic carbocycles. The predicted octanol–water partition coefficient (Wildman–Crippen LogP) is 4.17. The van der Waals surface area contributed by atoms with Crippen molar-refractivity contribution in [3.63, 3.8) is 0 Å². The first-order valence-electron chi connectivity index (χ1n) is 6.73. The summed E-state index contributed by atoms with van der Waals surface area (Å²) >= 11 is 11.8. The molecule has 0 saturated heterocycles. The van der Waals surface area contributed by atoms with Gasteiger partial charge < -0.3 is 19.5 Å². The predicted molar refractivity (Wildman–Crippen MR) is 90.1 cm³/mol. The smallest absolute Gasteiger partial charge is 0.262 e. The minimum Gasteiger partial charge on any atom is -0.495 e. The van der Waals surface area contributed by atoms with E-state index in [9.17, 15) is 9.18 Å². The number of hydrogen-bond donors (Lipinski definition) is 1. The normalized spacial score (nSPS) is 10.2. The molecule has 0 bridgehead atoms. The van der Waals surface area contributed by atoms with Gasteiger partial charge in [-0.3, -0.25) is 4.79 Å². The van der Waals surface area contributed by atoms with Gasteiger partial charge in [-0.1, -0.05) is 23.2 Å². The van der Waals surface area contributed by atoms with E-state index in [1.807, 2.05) is 0 Å². The molecule has 0 aliphatic heterocycles. The van der Waals surface area contributed by atoms with Crippen molar-refractivity contribution in [3.8, 4) is 17.2 Å². The third-order valence-electron chi connectivity index (χ3n) is 3.00. The molecule has 5 nitrogen and oxygen atoms in total. The number of methoxy groups -OCH3 is 2. The van der Waals surface area contributed by atoms with Crippen LogP contribution >= 0.6 is 23.2 Å². The molecule has 128 valence electrons. The van der Waals surface area contributed by atoms with E-state index in [-0.39, 0.29) is 17.4 Å². The average Bonchev–Trinajstić information content (AvgIpc) is 2.55. The maximum atomic E-state index is 13.0. The van der Waals surface area contributed by atoms with Crippen LogP contribution in [0.3, 0.4) is 0 Å². The van der Waals surface area contributed by atoms with E-state index < -0.39 is 11.7 Å². The zero-order valence-electron chi connectivity index (χ0n) is 12.9. The molecule has 1 N–H and O–H groups in total. The van der Waals surface area contributed by atoms with E-state index in [0.29, 0.717) is 22.2 Å². The van der Waals surface area contributed by atoms with Crippen molar-refractivity contribution in [2.45, 2.75) is 0 Å². The molecule has 0 heterocycles. The maximum absolute atomic E-state index is 13.0. The maximum Gasteiger partial charge on any atom is 0.262 e. The number of rotatable bonds is 6. The van der Waals surface area contributed by atoms with Gasteiger partial charge in [0, 0.05) is 12.1 Å². The van der Waals surface area contributed by atoms with E-state index in [2.05, 4.69) is 5.32 Å². The number of carbonyl (C=O) groups is 1. The van der Waals surface area contributed by atoms with Crippen molar-refractivity contribution < 1.29 is 23.4 Å². The second kappa shape index (κ2) is 8.08. The van der Waals surface area contributed by atoms with Crippen LogP contribution in [0.2, 0.25) is 10.0 Å². The Morgan fingerprint density at radius 2 is 1.71 bits per heavy atom. The number of carbonyl (C=O) groups excluding carboxylic acids is 1. The van der Waals surface area contributed by atoms with Crippen LogP contribution in [0.1, 0.15) is 0 Å². The van der Waals surface area contributed by atoms with Gasteiger partial charge in [0.15, 0.2) is 6.61 Å². The SMILES string of the molecule is COc1cc(NC(=O)COc2ccc(F)cc2Cl)c(OC)cc1Cl. The van der Waals surface area contributed by atoms with Crippen LogP contribution in [0.4, 0.5) is 10.1 Å². The van der Waals surface area contributed by atoms with Gasteiger partial charge in [-0.25, -0.2) is 4.39 Å². The summed E-state index contributed by atoms with van der Waals surface area (Å²) in [5, 5.41) is 3.05. The number of amides is 1. The van der Waals surface area contributed by atoms with Gasteiger partial charge in [0.2, 0.25) is 0 Å². The quantitative estimate of drug-likeness (QED) is 0.825. The lowest BCUT2D eigenvalue weighted by molar-refractivity contribution is -0.118. The number of halogens is 3. The minimum atomic E-state index is -0.491. The summed E-state index contributed by atoms with van der Waals surface area (Å²) in [7, 11) is 2.90. The fraction of sp³-hybridized carbons (Fsp3) is 0.188. The van der Waals surface area contributed by atoms with Crippen LogP contribution in [-0.4, -0.2) is 26.7 Å². The Morgan fingerprint density at radius 3 is 2.33 bits per heavy atom. The fourth-order valence-electron chi connectivity index (χ4n) is 1.88. The van der Waals surface area contributed by atoms with Gasteiger partial charge in [-0.15, -0.1) is 0 Å². The molecular weight excluding hydrogens is 360 g/mol. The molecule has 2 rings (SSSR count). The van der Waals surface area contributed by atoms with Crippen molar-refractivity contribution in [2.75, 3.05) is 26.1 Å². The van der Waals surface area contributed by atoms with E-state index in [0.717, 1.165) is 6.07 Å². The molecule has 0 aliphatic carbocycles. The molecule has 8 heteroatoms. The molecule has 0 radical (unpaired) electrons.